The average Bonchev–Trinajstić information content (AvgIpc) is 2.48. The van der Waals surface area contributed by atoms with Crippen molar-refractivity contribution < 1.29 is 13.2 Å². The lowest BCUT2D eigenvalue weighted by molar-refractivity contribution is 0.270. The summed E-state index contributed by atoms with van der Waals surface area (Å²) >= 11 is 0. The van der Waals surface area contributed by atoms with Crippen LogP contribution in [0.1, 0.15) is 18.4 Å². The van der Waals surface area contributed by atoms with Crippen LogP contribution < -0.4 is 10.1 Å². The van der Waals surface area contributed by atoms with Gasteiger partial charge in [-0.1, -0.05) is 6.07 Å². The van der Waals surface area contributed by atoms with E-state index in [1.54, 1.807) is 16.4 Å². The Bertz CT molecular complexity index is 579. The number of hydrogen-bond donors (Lipinski definition) is 1. The monoisotopic (exact) mass is 312 g/mol. The first-order chi connectivity index (χ1) is 9.98. The summed E-state index contributed by atoms with van der Waals surface area (Å²) in [6.45, 7) is 3.98. The molecule has 2 rings (SSSR count). The van der Waals surface area contributed by atoms with Gasteiger partial charge < -0.3 is 10.1 Å². The first kappa shape index (κ1) is 16.3. The lowest BCUT2D eigenvalue weighted by Crippen LogP contribution is -2.40. The predicted octanol–water partition coefficient (Wildman–Crippen LogP) is 1.62. The molecule has 0 atom stereocenters. The van der Waals surface area contributed by atoms with E-state index < -0.39 is 10.0 Å². The summed E-state index contributed by atoms with van der Waals surface area (Å²) in [6, 6.07) is 5.26. The Morgan fingerprint density at radius 1 is 1.33 bits per heavy atom. The topological polar surface area (TPSA) is 58.6 Å². The molecular weight excluding hydrogens is 288 g/mol. The molecule has 1 aliphatic rings. The molecule has 21 heavy (non-hydrogen) atoms. The molecule has 0 radical (unpaired) electrons. The maximum atomic E-state index is 12.8. The number of nitrogens with zero attached hydrogens (tertiary/aromatic N) is 1. The summed E-state index contributed by atoms with van der Waals surface area (Å²) in [5.41, 5.74) is 0.916. The van der Waals surface area contributed by atoms with Gasteiger partial charge in [-0.05, 0) is 57.0 Å². The van der Waals surface area contributed by atoms with E-state index in [1.165, 1.54) is 7.11 Å². The molecule has 1 aromatic rings. The highest BCUT2D eigenvalue weighted by molar-refractivity contribution is 7.89. The van der Waals surface area contributed by atoms with E-state index in [4.69, 9.17) is 4.74 Å². The Balaban J connectivity index is 2.21. The molecule has 0 amide bonds. The second-order valence-electron chi connectivity index (χ2n) is 5.56. The molecule has 5 nitrogen and oxygen atoms in total. The molecule has 1 aliphatic heterocycles. The second kappa shape index (κ2) is 6.77. The number of nitrogens with one attached hydrogen (secondary N) is 1. The van der Waals surface area contributed by atoms with Gasteiger partial charge in [0.1, 0.15) is 10.6 Å². The van der Waals surface area contributed by atoms with Gasteiger partial charge in [0, 0.05) is 13.1 Å². The number of methoxy groups -OCH3 is 1. The Labute approximate surface area is 127 Å². The van der Waals surface area contributed by atoms with Gasteiger partial charge in [0.15, 0.2) is 0 Å². The molecule has 118 valence electrons. The fourth-order valence-corrected chi connectivity index (χ4v) is 4.48. The quantitative estimate of drug-likeness (QED) is 0.898. The van der Waals surface area contributed by atoms with Crippen molar-refractivity contribution in [1.29, 1.82) is 0 Å². The molecule has 1 heterocycles. The van der Waals surface area contributed by atoms with Crippen molar-refractivity contribution >= 4 is 10.0 Å². The van der Waals surface area contributed by atoms with Crippen LogP contribution in [0.15, 0.2) is 23.1 Å². The first-order valence-electron chi connectivity index (χ1n) is 7.28. The third kappa shape index (κ3) is 3.56. The maximum absolute atomic E-state index is 12.8. The highest BCUT2D eigenvalue weighted by Crippen LogP contribution is 2.30. The third-order valence-corrected chi connectivity index (χ3v) is 5.92. The highest BCUT2D eigenvalue weighted by atomic mass is 32.2. The van der Waals surface area contributed by atoms with Gasteiger partial charge in [-0.2, -0.15) is 4.31 Å². The van der Waals surface area contributed by atoms with Gasteiger partial charge in [-0.3, -0.25) is 0 Å². The van der Waals surface area contributed by atoms with Crippen LogP contribution >= 0.6 is 0 Å². The molecule has 0 aliphatic carbocycles. The minimum atomic E-state index is -3.48. The van der Waals surface area contributed by atoms with E-state index >= 15 is 0 Å². The van der Waals surface area contributed by atoms with Crippen molar-refractivity contribution in [3.63, 3.8) is 0 Å². The van der Waals surface area contributed by atoms with Crippen LogP contribution in [0.2, 0.25) is 0 Å². The molecule has 0 bridgehead atoms. The molecule has 1 saturated heterocycles. The second-order valence-corrected chi connectivity index (χ2v) is 7.47. The first-order valence-corrected chi connectivity index (χ1v) is 8.72. The molecule has 1 aromatic carbocycles. The SMILES string of the molecule is CNCC1CCN(S(=O)(=O)c2cc(C)ccc2OC)CC1. The number of aryl methyl sites for hydroxylation is 1. The Kier molecular flexibility index (Phi) is 5.24. The Morgan fingerprint density at radius 3 is 2.57 bits per heavy atom. The standard InChI is InChI=1S/C15H24N2O3S/c1-12-4-5-14(20-3)15(10-12)21(18,19)17-8-6-13(7-9-17)11-16-2/h4-5,10,13,16H,6-9,11H2,1-3H3. The Hall–Kier alpha value is -1.11. The summed E-state index contributed by atoms with van der Waals surface area (Å²) in [4.78, 5) is 0.275. The van der Waals surface area contributed by atoms with E-state index in [-0.39, 0.29) is 4.90 Å². The molecule has 1 fully saturated rings. The van der Waals surface area contributed by atoms with Crippen molar-refractivity contribution in [2.75, 3.05) is 33.8 Å². The fraction of sp³-hybridized carbons (Fsp3) is 0.600. The average molecular weight is 312 g/mol. The number of hydrogen-bond acceptors (Lipinski definition) is 4. The van der Waals surface area contributed by atoms with Gasteiger partial charge in [0.25, 0.3) is 0 Å². The zero-order chi connectivity index (χ0) is 15.5. The zero-order valence-corrected chi connectivity index (χ0v) is 13.7. The summed E-state index contributed by atoms with van der Waals surface area (Å²) < 4.78 is 32.4. The van der Waals surface area contributed by atoms with Gasteiger partial charge in [-0.15, -0.1) is 0 Å². The highest BCUT2D eigenvalue weighted by Gasteiger charge is 2.31. The van der Waals surface area contributed by atoms with Crippen LogP contribution in [0.4, 0.5) is 0 Å². The molecule has 1 N–H and O–H groups in total. The van der Waals surface area contributed by atoms with Gasteiger partial charge in [0.05, 0.1) is 7.11 Å². The third-order valence-electron chi connectivity index (χ3n) is 4.00. The van der Waals surface area contributed by atoms with E-state index in [0.29, 0.717) is 24.8 Å². The van der Waals surface area contributed by atoms with Crippen LogP contribution in [0.3, 0.4) is 0 Å². The normalized spacial score (nSPS) is 17.9. The number of sulfonamides is 1. The molecule has 0 unspecified atom stereocenters. The van der Waals surface area contributed by atoms with E-state index in [1.807, 2.05) is 20.0 Å². The summed E-state index contributed by atoms with van der Waals surface area (Å²) in [7, 11) is -0.0436. The lowest BCUT2D eigenvalue weighted by Gasteiger charge is -2.31. The fourth-order valence-electron chi connectivity index (χ4n) is 2.77. The van der Waals surface area contributed by atoms with E-state index in [9.17, 15) is 8.42 Å². The smallest absolute Gasteiger partial charge is 0.246 e. The van der Waals surface area contributed by atoms with Gasteiger partial charge in [-0.25, -0.2) is 8.42 Å². The number of ether oxygens (including phenoxy) is 1. The van der Waals surface area contributed by atoms with Gasteiger partial charge in [0.2, 0.25) is 10.0 Å². The number of rotatable bonds is 5. The van der Waals surface area contributed by atoms with Gasteiger partial charge >= 0.3 is 0 Å². The molecular formula is C15H24N2O3S. The van der Waals surface area contributed by atoms with E-state index in [0.717, 1.165) is 24.9 Å². The van der Waals surface area contributed by atoms with E-state index in [2.05, 4.69) is 5.32 Å². The largest absolute Gasteiger partial charge is 0.495 e. The van der Waals surface area contributed by atoms with Crippen LogP contribution in [0.25, 0.3) is 0 Å². The summed E-state index contributed by atoms with van der Waals surface area (Å²) in [5, 5.41) is 3.16. The number of piperidine rings is 1. The van der Waals surface area contributed by atoms with Crippen LogP contribution in [0, 0.1) is 12.8 Å². The molecule has 0 spiro atoms. The predicted molar refractivity (Wildman–Crippen MR) is 83.1 cm³/mol. The van der Waals surface area contributed by atoms with Crippen molar-refractivity contribution in [2.24, 2.45) is 5.92 Å². The minimum absolute atomic E-state index is 0.275. The molecule has 0 saturated carbocycles. The van der Waals surface area contributed by atoms with Crippen LogP contribution in [-0.4, -0.2) is 46.5 Å². The molecule has 6 heteroatoms. The Morgan fingerprint density at radius 2 is 2.00 bits per heavy atom. The van der Waals surface area contributed by atoms with Crippen molar-refractivity contribution in [1.82, 2.24) is 9.62 Å². The maximum Gasteiger partial charge on any atom is 0.246 e. The number of benzene rings is 1. The lowest BCUT2D eigenvalue weighted by atomic mass is 9.98. The van der Waals surface area contributed by atoms with Crippen molar-refractivity contribution in [2.45, 2.75) is 24.7 Å². The van der Waals surface area contributed by atoms with Crippen LogP contribution in [0.5, 0.6) is 5.75 Å². The zero-order valence-electron chi connectivity index (χ0n) is 12.9. The van der Waals surface area contributed by atoms with Crippen molar-refractivity contribution in [3.8, 4) is 5.75 Å². The van der Waals surface area contributed by atoms with Crippen molar-refractivity contribution in [3.05, 3.63) is 23.8 Å². The summed E-state index contributed by atoms with van der Waals surface area (Å²) in [6.07, 6.45) is 1.79. The minimum Gasteiger partial charge on any atom is -0.495 e. The molecule has 0 aromatic heterocycles. The summed E-state index contributed by atoms with van der Waals surface area (Å²) in [5.74, 6) is 0.971. The van der Waals surface area contributed by atoms with Crippen LogP contribution in [-0.2, 0) is 10.0 Å².